The summed E-state index contributed by atoms with van der Waals surface area (Å²) in [5, 5.41) is 8.68. The first-order chi connectivity index (χ1) is 13.9. The maximum atomic E-state index is 13.4. The molecule has 148 valence electrons. The van der Waals surface area contributed by atoms with Gasteiger partial charge in [0.2, 0.25) is 11.8 Å². The second-order valence-electron chi connectivity index (χ2n) is 7.64. The molecule has 0 spiro atoms. The average molecular weight is 409 g/mol. The molecule has 4 rings (SSSR count). The van der Waals surface area contributed by atoms with Crippen LogP contribution in [0.4, 0.5) is 4.39 Å². The lowest BCUT2D eigenvalue weighted by atomic mass is 9.87. The van der Waals surface area contributed by atoms with Gasteiger partial charge in [-0.15, -0.1) is 10.2 Å². The minimum atomic E-state index is -0.328. The average Bonchev–Trinajstić information content (AvgIpc) is 3.35. The SMILES string of the molecule is CC(C)(C)c1ccc(-c2nnc(SCc3coc(-c4cccc(F)c4)n3)o2)cc1. The molecule has 0 saturated heterocycles. The Kier molecular flexibility index (Phi) is 5.24. The van der Waals surface area contributed by atoms with Gasteiger partial charge in [0.05, 0.1) is 5.69 Å². The molecule has 0 aliphatic heterocycles. The van der Waals surface area contributed by atoms with Crippen molar-refractivity contribution in [3.63, 3.8) is 0 Å². The van der Waals surface area contributed by atoms with Crippen LogP contribution in [-0.2, 0) is 11.2 Å². The molecule has 0 aliphatic carbocycles. The lowest BCUT2D eigenvalue weighted by Gasteiger charge is -2.18. The first-order valence-corrected chi connectivity index (χ1v) is 10.1. The molecule has 5 nitrogen and oxygen atoms in total. The van der Waals surface area contributed by atoms with Gasteiger partial charge in [0.1, 0.15) is 12.1 Å². The summed E-state index contributed by atoms with van der Waals surface area (Å²) in [6.07, 6.45) is 1.55. The van der Waals surface area contributed by atoms with Crippen molar-refractivity contribution in [2.24, 2.45) is 0 Å². The summed E-state index contributed by atoms with van der Waals surface area (Å²) in [7, 11) is 0. The summed E-state index contributed by atoms with van der Waals surface area (Å²) in [5.41, 5.74) is 3.53. The summed E-state index contributed by atoms with van der Waals surface area (Å²) in [5.74, 6) is 1.04. The quantitative estimate of drug-likeness (QED) is 0.370. The fraction of sp³-hybridized carbons (Fsp3) is 0.227. The molecule has 0 unspecified atom stereocenters. The molecule has 0 saturated carbocycles. The van der Waals surface area contributed by atoms with Crippen LogP contribution in [0.2, 0.25) is 0 Å². The van der Waals surface area contributed by atoms with Crippen LogP contribution in [0.3, 0.4) is 0 Å². The van der Waals surface area contributed by atoms with E-state index in [0.29, 0.717) is 34.0 Å². The Morgan fingerprint density at radius 3 is 2.48 bits per heavy atom. The van der Waals surface area contributed by atoms with Gasteiger partial charge in [-0.1, -0.05) is 50.7 Å². The summed E-state index contributed by atoms with van der Waals surface area (Å²) in [6.45, 7) is 6.52. The number of oxazole rings is 1. The molecule has 0 atom stereocenters. The molecular weight excluding hydrogens is 389 g/mol. The zero-order chi connectivity index (χ0) is 20.4. The summed E-state index contributed by atoms with van der Waals surface area (Å²) in [4.78, 5) is 4.39. The molecule has 0 N–H and O–H groups in total. The molecule has 2 aromatic carbocycles. The van der Waals surface area contributed by atoms with Gasteiger partial charge in [-0.25, -0.2) is 9.37 Å². The van der Waals surface area contributed by atoms with Crippen LogP contribution in [0.15, 0.2) is 68.9 Å². The molecule has 0 bridgehead atoms. The molecule has 0 aliphatic rings. The smallest absolute Gasteiger partial charge is 0.277 e. The van der Waals surface area contributed by atoms with E-state index in [0.717, 1.165) is 5.56 Å². The minimum absolute atomic E-state index is 0.0936. The first-order valence-electron chi connectivity index (χ1n) is 9.16. The van der Waals surface area contributed by atoms with E-state index in [1.807, 2.05) is 12.1 Å². The number of nitrogens with zero attached hydrogens (tertiary/aromatic N) is 3. The van der Waals surface area contributed by atoms with E-state index < -0.39 is 0 Å². The molecule has 0 radical (unpaired) electrons. The molecule has 4 aromatic rings. The van der Waals surface area contributed by atoms with E-state index in [9.17, 15) is 4.39 Å². The standard InChI is InChI=1S/C22H20FN3O2S/c1-22(2,3)16-9-7-14(8-10-16)20-25-26-21(28-20)29-13-18-12-27-19(24-18)15-5-4-6-17(23)11-15/h4-12H,13H2,1-3H3. The van der Waals surface area contributed by atoms with Crippen molar-refractivity contribution < 1.29 is 13.2 Å². The van der Waals surface area contributed by atoms with E-state index in [-0.39, 0.29) is 11.2 Å². The van der Waals surface area contributed by atoms with E-state index in [1.54, 1.807) is 18.4 Å². The van der Waals surface area contributed by atoms with Crippen molar-refractivity contribution >= 4 is 11.8 Å². The van der Waals surface area contributed by atoms with Crippen molar-refractivity contribution in [3.8, 4) is 22.9 Å². The van der Waals surface area contributed by atoms with Crippen LogP contribution in [0, 0.1) is 5.82 Å². The number of benzene rings is 2. The number of rotatable bonds is 5. The number of hydrogen-bond donors (Lipinski definition) is 0. The van der Waals surface area contributed by atoms with Crippen molar-refractivity contribution in [2.75, 3.05) is 0 Å². The van der Waals surface area contributed by atoms with E-state index in [4.69, 9.17) is 8.83 Å². The number of thioether (sulfide) groups is 1. The Morgan fingerprint density at radius 2 is 1.76 bits per heavy atom. The van der Waals surface area contributed by atoms with Crippen molar-refractivity contribution in [3.05, 3.63) is 71.9 Å². The Morgan fingerprint density at radius 1 is 0.966 bits per heavy atom. The maximum Gasteiger partial charge on any atom is 0.277 e. The molecule has 7 heteroatoms. The van der Waals surface area contributed by atoms with Gasteiger partial charge in [-0.2, -0.15) is 0 Å². The maximum absolute atomic E-state index is 13.4. The Bertz CT molecular complexity index is 1110. The number of aromatic nitrogens is 3. The lowest BCUT2D eigenvalue weighted by Crippen LogP contribution is -2.10. The monoisotopic (exact) mass is 409 g/mol. The first kappa shape index (κ1) is 19.4. The normalized spacial score (nSPS) is 11.7. The van der Waals surface area contributed by atoms with Crippen molar-refractivity contribution in [1.82, 2.24) is 15.2 Å². The van der Waals surface area contributed by atoms with Crippen LogP contribution < -0.4 is 0 Å². The van der Waals surface area contributed by atoms with Gasteiger partial charge in [-0.05, 0) is 41.3 Å². The third kappa shape index (κ3) is 4.56. The van der Waals surface area contributed by atoms with Crippen molar-refractivity contribution in [1.29, 1.82) is 0 Å². The fourth-order valence-corrected chi connectivity index (χ4v) is 3.40. The molecule has 0 fully saturated rings. The topological polar surface area (TPSA) is 65.0 Å². The van der Waals surface area contributed by atoms with Gasteiger partial charge in [-0.3, -0.25) is 0 Å². The van der Waals surface area contributed by atoms with Crippen molar-refractivity contribution in [2.45, 2.75) is 37.2 Å². The predicted molar refractivity (Wildman–Crippen MR) is 110 cm³/mol. The van der Waals surface area contributed by atoms with Crippen LogP contribution in [-0.4, -0.2) is 15.2 Å². The molecule has 0 amide bonds. The van der Waals surface area contributed by atoms with Crippen LogP contribution in [0.5, 0.6) is 0 Å². The molecule has 2 heterocycles. The van der Waals surface area contributed by atoms with E-state index in [1.165, 1.54) is 29.5 Å². The highest BCUT2D eigenvalue weighted by atomic mass is 32.2. The Hall–Kier alpha value is -2.93. The zero-order valence-electron chi connectivity index (χ0n) is 16.3. The summed E-state index contributed by atoms with van der Waals surface area (Å²) in [6, 6.07) is 14.3. The molecular formula is C22H20FN3O2S. The van der Waals surface area contributed by atoms with Crippen LogP contribution in [0.25, 0.3) is 22.9 Å². The van der Waals surface area contributed by atoms with Gasteiger partial charge in [0.25, 0.3) is 5.22 Å². The Labute approximate surface area is 172 Å². The fourth-order valence-electron chi connectivity index (χ4n) is 2.76. The highest BCUT2D eigenvalue weighted by molar-refractivity contribution is 7.98. The summed E-state index contributed by atoms with van der Waals surface area (Å²) < 4.78 is 24.6. The van der Waals surface area contributed by atoms with Gasteiger partial charge >= 0.3 is 0 Å². The van der Waals surface area contributed by atoms with E-state index >= 15 is 0 Å². The molecule has 29 heavy (non-hydrogen) atoms. The molecule has 2 aromatic heterocycles. The predicted octanol–water partition coefficient (Wildman–Crippen LogP) is 6.12. The van der Waals surface area contributed by atoms with Crippen LogP contribution >= 0.6 is 11.8 Å². The largest absolute Gasteiger partial charge is 0.444 e. The van der Waals surface area contributed by atoms with Gasteiger partial charge < -0.3 is 8.83 Å². The van der Waals surface area contributed by atoms with Gasteiger partial charge in [0.15, 0.2) is 0 Å². The second-order valence-corrected chi connectivity index (χ2v) is 8.57. The second kappa shape index (κ2) is 7.83. The number of hydrogen-bond acceptors (Lipinski definition) is 6. The van der Waals surface area contributed by atoms with Gasteiger partial charge in [0, 0.05) is 16.9 Å². The third-order valence-corrected chi connectivity index (χ3v) is 5.22. The highest BCUT2D eigenvalue weighted by Crippen LogP contribution is 2.29. The lowest BCUT2D eigenvalue weighted by molar-refractivity contribution is 0.465. The van der Waals surface area contributed by atoms with E-state index in [2.05, 4.69) is 48.1 Å². The third-order valence-electron chi connectivity index (χ3n) is 4.37. The summed E-state index contributed by atoms with van der Waals surface area (Å²) >= 11 is 1.37. The highest BCUT2D eigenvalue weighted by Gasteiger charge is 2.15. The van der Waals surface area contributed by atoms with Crippen LogP contribution in [0.1, 0.15) is 32.0 Å². The minimum Gasteiger partial charge on any atom is -0.444 e. The zero-order valence-corrected chi connectivity index (χ0v) is 17.2. The Balaban J connectivity index is 1.41. The number of halogens is 1.